The van der Waals surface area contributed by atoms with Crippen LogP contribution in [0.25, 0.3) is 0 Å². The molecule has 3 rings (SSSR count). The van der Waals surface area contributed by atoms with Gasteiger partial charge in [0.2, 0.25) is 5.56 Å². The molecule has 1 amide bonds. The van der Waals surface area contributed by atoms with E-state index in [9.17, 15) is 9.59 Å². The Morgan fingerprint density at radius 1 is 1.23 bits per heavy atom. The Hall–Kier alpha value is -2.36. The van der Waals surface area contributed by atoms with Gasteiger partial charge in [-0.3, -0.25) is 9.59 Å². The number of pyridine rings is 1. The second-order valence-corrected chi connectivity index (χ2v) is 6.83. The lowest BCUT2D eigenvalue weighted by Crippen LogP contribution is -2.33. The smallest absolute Gasteiger partial charge is 0.258 e. The van der Waals surface area contributed by atoms with Crippen molar-refractivity contribution in [2.45, 2.75) is 26.7 Å². The highest BCUT2D eigenvalue weighted by Crippen LogP contribution is 2.45. The number of hydrogen-bond acceptors (Lipinski definition) is 2. The van der Waals surface area contributed by atoms with Crippen LogP contribution in [0.1, 0.15) is 42.6 Å². The second kappa shape index (κ2) is 5.13. The molecule has 0 saturated carbocycles. The molecule has 22 heavy (non-hydrogen) atoms. The van der Waals surface area contributed by atoms with Crippen molar-refractivity contribution in [3.63, 3.8) is 0 Å². The molecule has 0 radical (unpaired) electrons. The van der Waals surface area contributed by atoms with E-state index in [0.29, 0.717) is 12.1 Å². The Morgan fingerprint density at radius 3 is 2.64 bits per heavy atom. The first-order chi connectivity index (χ1) is 10.4. The maximum absolute atomic E-state index is 12.8. The van der Waals surface area contributed by atoms with Crippen LogP contribution in [-0.2, 0) is 0 Å². The third-order valence-electron chi connectivity index (χ3n) is 4.28. The van der Waals surface area contributed by atoms with Crippen molar-refractivity contribution in [3.8, 4) is 0 Å². The van der Waals surface area contributed by atoms with E-state index < -0.39 is 0 Å². The van der Waals surface area contributed by atoms with E-state index >= 15 is 0 Å². The summed E-state index contributed by atoms with van der Waals surface area (Å²) in [5, 5.41) is 0. The Bertz CT molecular complexity index is 771. The first-order valence-corrected chi connectivity index (χ1v) is 7.47. The molecule has 4 heteroatoms. The molecule has 2 aromatic rings. The zero-order chi connectivity index (χ0) is 15.9. The van der Waals surface area contributed by atoms with Crippen LogP contribution < -0.4 is 10.5 Å². The number of nitrogens with zero attached hydrogens (tertiary/aromatic N) is 1. The number of H-pyrrole nitrogens is 1. The molecule has 1 aromatic carbocycles. The lowest BCUT2D eigenvalue weighted by Gasteiger charge is -2.27. The molecule has 2 heterocycles. The van der Waals surface area contributed by atoms with Gasteiger partial charge in [-0.05, 0) is 23.1 Å². The van der Waals surface area contributed by atoms with Crippen molar-refractivity contribution in [3.05, 3.63) is 64.1 Å². The molecule has 0 fully saturated rings. The van der Waals surface area contributed by atoms with Crippen molar-refractivity contribution in [2.24, 2.45) is 5.41 Å². The average Bonchev–Trinajstić information content (AvgIpc) is 2.86. The van der Waals surface area contributed by atoms with Gasteiger partial charge >= 0.3 is 0 Å². The van der Waals surface area contributed by atoms with Crippen molar-refractivity contribution in [1.29, 1.82) is 0 Å². The first kappa shape index (κ1) is 14.6. The zero-order valence-corrected chi connectivity index (χ0v) is 13.1. The van der Waals surface area contributed by atoms with E-state index in [0.717, 1.165) is 5.69 Å². The summed E-state index contributed by atoms with van der Waals surface area (Å²) in [5.41, 5.74) is 2.39. The number of aromatic nitrogens is 1. The normalized spacial score (nSPS) is 17.4. The second-order valence-electron chi connectivity index (χ2n) is 6.83. The third kappa shape index (κ3) is 2.45. The monoisotopic (exact) mass is 296 g/mol. The van der Waals surface area contributed by atoms with Gasteiger partial charge in [-0.15, -0.1) is 0 Å². The number of rotatable bonds is 1. The van der Waals surface area contributed by atoms with Crippen LogP contribution >= 0.6 is 0 Å². The Morgan fingerprint density at radius 2 is 1.95 bits per heavy atom. The Labute approximate surface area is 129 Å². The molecule has 1 aliphatic rings. The maximum Gasteiger partial charge on any atom is 0.258 e. The molecule has 0 aliphatic carbocycles. The topological polar surface area (TPSA) is 53.2 Å². The highest BCUT2D eigenvalue weighted by atomic mass is 16.2. The minimum Gasteiger partial charge on any atom is -0.329 e. The van der Waals surface area contributed by atoms with Gasteiger partial charge in [0.15, 0.2) is 0 Å². The summed E-state index contributed by atoms with van der Waals surface area (Å²) >= 11 is 0. The van der Waals surface area contributed by atoms with E-state index in [1.54, 1.807) is 11.0 Å². The number of carbonyl (C=O) groups excluding carboxylic acids is 1. The van der Waals surface area contributed by atoms with Crippen LogP contribution in [-0.4, -0.2) is 17.4 Å². The fourth-order valence-electron chi connectivity index (χ4n) is 3.07. The summed E-state index contributed by atoms with van der Waals surface area (Å²) < 4.78 is 0. The summed E-state index contributed by atoms with van der Waals surface area (Å²) in [6.45, 7) is 7.22. The van der Waals surface area contributed by atoms with E-state index in [2.05, 4.69) is 31.8 Å². The van der Waals surface area contributed by atoms with E-state index in [4.69, 9.17) is 0 Å². The van der Waals surface area contributed by atoms with Gasteiger partial charge in [-0.25, -0.2) is 0 Å². The number of benzene rings is 1. The zero-order valence-electron chi connectivity index (χ0n) is 13.1. The highest BCUT2D eigenvalue weighted by molar-refractivity contribution is 6.07. The molecule has 1 unspecified atom stereocenters. The molecular weight excluding hydrogens is 276 g/mol. The molecule has 0 saturated heterocycles. The predicted molar refractivity (Wildman–Crippen MR) is 87.4 cm³/mol. The molecular formula is C18H20N2O2. The SMILES string of the molecule is CC(C)(C)C1CN(C(=O)c2cc[nH]c(=O)c2)c2ccccc21. The van der Waals surface area contributed by atoms with Crippen LogP contribution in [0, 0.1) is 5.41 Å². The van der Waals surface area contributed by atoms with Gasteiger partial charge < -0.3 is 9.88 Å². The molecule has 0 bridgehead atoms. The number of amides is 1. The number of para-hydroxylation sites is 1. The molecule has 114 valence electrons. The van der Waals surface area contributed by atoms with Gasteiger partial charge in [-0.1, -0.05) is 39.0 Å². The largest absolute Gasteiger partial charge is 0.329 e. The van der Waals surface area contributed by atoms with E-state index in [1.165, 1.54) is 17.8 Å². The van der Waals surface area contributed by atoms with Gasteiger partial charge in [0.05, 0.1) is 0 Å². The summed E-state index contributed by atoms with van der Waals surface area (Å²) in [7, 11) is 0. The maximum atomic E-state index is 12.8. The average molecular weight is 296 g/mol. The third-order valence-corrected chi connectivity index (χ3v) is 4.28. The lowest BCUT2D eigenvalue weighted by molar-refractivity contribution is 0.0985. The molecule has 1 N–H and O–H groups in total. The molecule has 4 nitrogen and oxygen atoms in total. The fraction of sp³-hybridized carbons (Fsp3) is 0.333. The van der Waals surface area contributed by atoms with E-state index in [-0.39, 0.29) is 22.8 Å². The Balaban J connectivity index is 2.03. The lowest BCUT2D eigenvalue weighted by atomic mass is 9.78. The number of hydrogen-bond donors (Lipinski definition) is 1. The standard InChI is InChI=1S/C18H20N2O2/c1-18(2,3)14-11-20(15-7-5-4-6-13(14)15)17(22)12-8-9-19-16(21)10-12/h4-10,14H,11H2,1-3H3,(H,19,21). The number of fused-ring (bicyclic) bond motifs is 1. The number of carbonyl (C=O) groups is 1. The quantitative estimate of drug-likeness (QED) is 0.879. The molecule has 0 spiro atoms. The van der Waals surface area contributed by atoms with Crippen molar-refractivity contribution in [2.75, 3.05) is 11.4 Å². The summed E-state index contributed by atoms with van der Waals surface area (Å²) in [5.74, 6) is 0.167. The van der Waals surface area contributed by atoms with Gasteiger partial charge in [0, 0.05) is 36.0 Å². The van der Waals surface area contributed by atoms with Gasteiger partial charge in [-0.2, -0.15) is 0 Å². The summed E-state index contributed by atoms with van der Waals surface area (Å²) in [4.78, 5) is 28.6. The van der Waals surface area contributed by atoms with Gasteiger partial charge in [0.1, 0.15) is 0 Å². The number of anilines is 1. The summed E-state index contributed by atoms with van der Waals surface area (Å²) in [6.07, 6.45) is 1.51. The number of aromatic amines is 1. The van der Waals surface area contributed by atoms with Gasteiger partial charge in [0.25, 0.3) is 5.91 Å². The minimum atomic E-state index is -0.259. The van der Waals surface area contributed by atoms with Crippen LogP contribution in [0.5, 0.6) is 0 Å². The molecule has 1 atom stereocenters. The fourth-order valence-corrected chi connectivity index (χ4v) is 3.07. The van der Waals surface area contributed by atoms with Crippen molar-refractivity contribution < 1.29 is 4.79 Å². The first-order valence-electron chi connectivity index (χ1n) is 7.47. The minimum absolute atomic E-state index is 0.0687. The van der Waals surface area contributed by atoms with E-state index in [1.807, 2.05) is 18.2 Å². The number of nitrogens with one attached hydrogen (secondary N) is 1. The van der Waals surface area contributed by atoms with Crippen molar-refractivity contribution in [1.82, 2.24) is 4.98 Å². The van der Waals surface area contributed by atoms with Crippen LogP contribution in [0.15, 0.2) is 47.4 Å². The molecule has 1 aliphatic heterocycles. The molecule has 1 aromatic heterocycles. The van der Waals surface area contributed by atoms with Crippen LogP contribution in [0.2, 0.25) is 0 Å². The predicted octanol–water partition coefficient (Wildman–Crippen LogP) is 3.17. The summed E-state index contributed by atoms with van der Waals surface area (Å²) in [6, 6.07) is 11.0. The van der Waals surface area contributed by atoms with Crippen LogP contribution in [0.3, 0.4) is 0 Å². The Kier molecular flexibility index (Phi) is 3.39. The van der Waals surface area contributed by atoms with Crippen molar-refractivity contribution >= 4 is 11.6 Å². The van der Waals surface area contributed by atoms with Crippen LogP contribution in [0.4, 0.5) is 5.69 Å². The highest BCUT2D eigenvalue weighted by Gasteiger charge is 2.38.